The van der Waals surface area contributed by atoms with Crippen LogP contribution in [0.15, 0.2) is 83.8 Å². The number of benzene rings is 3. The van der Waals surface area contributed by atoms with Gasteiger partial charge in [-0.15, -0.1) is 0 Å². The Balaban J connectivity index is 1.71. The molecular weight excluding hydrogens is 424 g/mol. The molecule has 166 valence electrons. The zero-order valence-electron chi connectivity index (χ0n) is 18.0. The van der Waals surface area contributed by atoms with Gasteiger partial charge < -0.3 is 10.1 Å². The van der Waals surface area contributed by atoms with E-state index in [9.17, 15) is 13.2 Å². The van der Waals surface area contributed by atoms with E-state index in [-0.39, 0.29) is 23.9 Å². The van der Waals surface area contributed by atoms with Gasteiger partial charge in [0.2, 0.25) is 10.0 Å². The molecule has 32 heavy (non-hydrogen) atoms. The molecule has 0 aliphatic rings. The largest absolute Gasteiger partial charge is 0.496 e. The molecule has 0 aromatic heterocycles. The Morgan fingerprint density at radius 2 is 1.56 bits per heavy atom. The molecule has 3 rings (SSSR count). The number of methoxy groups -OCH3 is 1. The van der Waals surface area contributed by atoms with Crippen molar-refractivity contribution in [2.75, 3.05) is 20.2 Å². The lowest BCUT2D eigenvalue weighted by Crippen LogP contribution is -2.35. The van der Waals surface area contributed by atoms with Crippen molar-refractivity contribution in [1.29, 1.82) is 0 Å². The first-order valence-electron chi connectivity index (χ1n) is 10.2. The van der Waals surface area contributed by atoms with Crippen LogP contribution < -0.4 is 14.8 Å². The zero-order chi connectivity index (χ0) is 23.0. The molecule has 0 unspecified atom stereocenters. The molecule has 2 N–H and O–H groups in total. The van der Waals surface area contributed by atoms with Gasteiger partial charge in [-0.2, -0.15) is 0 Å². The van der Waals surface area contributed by atoms with Crippen LogP contribution in [0.1, 0.15) is 16.7 Å². The van der Waals surface area contributed by atoms with Gasteiger partial charge in [0.05, 0.1) is 12.0 Å². The van der Waals surface area contributed by atoms with Crippen molar-refractivity contribution in [3.8, 4) is 5.75 Å². The number of amides is 1. The average Bonchev–Trinajstić information content (AvgIpc) is 2.81. The number of rotatable bonds is 9. The maximum absolute atomic E-state index is 13.0. The second-order valence-electron chi connectivity index (χ2n) is 7.13. The van der Waals surface area contributed by atoms with E-state index in [1.165, 1.54) is 0 Å². The Bertz CT molecular complexity index is 1190. The summed E-state index contributed by atoms with van der Waals surface area (Å²) in [7, 11) is -2.06. The van der Waals surface area contributed by atoms with Gasteiger partial charge in [0.15, 0.2) is 0 Å². The van der Waals surface area contributed by atoms with E-state index in [4.69, 9.17) is 4.74 Å². The van der Waals surface area contributed by atoms with Crippen LogP contribution in [0, 0.1) is 6.92 Å². The third kappa shape index (κ3) is 6.06. The summed E-state index contributed by atoms with van der Waals surface area (Å²) in [6, 6.07) is 23.3. The lowest BCUT2D eigenvalue weighted by molar-refractivity contribution is -0.115. The average molecular weight is 451 g/mol. The number of carbonyl (C=O) groups excluding carboxylic acids is 1. The van der Waals surface area contributed by atoms with E-state index in [2.05, 4.69) is 10.0 Å². The highest BCUT2D eigenvalue weighted by molar-refractivity contribution is 7.89. The maximum atomic E-state index is 13.0. The minimum Gasteiger partial charge on any atom is -0.496 e. The standard InChI is InChI=1S/C25H26N2O4S/c1-19-12-14-22(15-13-19)32(29,30)27-17-16-26-25(28)23(20-8-4-3-5-9-20)18-21-10-6-7-11-24(21)31-2/h3-15,18,27H,16-17H2,1-2H3,(H,26,28)/b23-18+. The number of carbonyl (C=O) groups is 1. The summed E-state index contributed by atoms with van der Waals surface area (Å²) in [5.41, 5.74) is 2.95. The maximum Gasteiger partial charge on any atom is 0.251 e. The first kappa shape index (κ1) is 23.2. The van der Waals surface area contributed by atoms with Gasteiger partial charge in [-0.05, 0) is 36.8 Å². The van der Waals surface area contributed by atoms with E-state index in [0.717, 1.165) is 16.7 Å². The lowest BCUT2D eigenvalue weighted by atomic mass is 10.0. The molecule has 0 aliphatic carbocycles. The summed E-state index contributed by atoms with van der Waals surface area (Å²) < 4.78 is 32.7. The number of nitrogens with one attached hydrogen (secondary N) is 2. The van der Waals surface area contributed by atoms with Gasteiger partial charge in [0, 0.05) is 24.2 Å². The second kappa shape index (κ2) is 10.7. The summed E-state index contributed by atoms with van der Waals surface area (Å²) in [4.78, 5) is 13.2. The third-order valence-electron chi connectivity index (χ3n) is 4.80. The van der Waals surface area contributed by atoms with Crippen LogP contribution in [0.5, 0.6) is 5.75 Å². The smallest absolute Gasteiger partial charge is 0.251 e. The predicted molar refractivity (Wildman–Crippen MR) is 127 cm³/mol. The molecular formula is C25H26N2O4S. The van der Waals surface area contributed by atoms with Gasteiger partial charge >= 0.3 is 0 Å². The van der Waals surface area contributed by atoms with E-state index < -0.39 is 10.0 Å². The van der Waals surface area contributed by atoms with Crippen LogP contribution in [-0.2, 0) is 14.8 Å². The number of sulfonamides is 1. The number of aryl methyl sites for hydroxylation is 1. The molecule has 0 fully saturated rings. The fourth-order valence-corrected chi connectivity index (χ4v) is 4.13. The van der Waals surface area contributed by atoms with E-state index >= 15 is 0 Å². The Hall–Kier alpha value is -3.42. The quantitative estimate of drug-likeness (QED) is 0.296. The number of ether oxygens (including phenoxy) is 1. The highest BCUT2D eigenvalue weighted by atomic mass is 32.2. The Kier molecular flexibility index (Phi) is 7.81. The molecule has 0 saturated heterocycles. The van der Waals surface area contributed by atoms with Crippen molar-refractivity contribution in [3.05, 3.63) is 95.6 Å². The van der Waals surface area contributed by atoms with Crippen LogP contribution >= 0.6 is 0 Å². The summed E-state index contributed by atoms with van der Waals surface area (Å²) >= 11 is 0. The summed E-state index contributed by atoms with van der Waals surface area (Å²) in [5, 5.41) is 2.80. The Labute approximate surface area is 189 Å². The van der Waals surface area contributed by atoms with Crippen LogP contribution in [0.4, 0.5) is 0 Å². The fraction of sp³-hybridized carbons (Fsp3) is 0.160. The second-order valence-corrected chi connectivity index (χ2v) is 8.90. The van der Waals surface area contributed by atoms with Crippen molar-refractivity contribution in [2.45, 2.75) is 11.8 Å². The summed E-state index contributed by atoms with van der Waals surface area (Å²) in [6.45, 7) is 2.10. The van der Waals surface area contributed by atoms with Gasteiger partial charge in [-0.1, -0.05) is 66.2 Å². The number of hydrogen-bond donors (Lipinski definition) is 2. The van der Waals surface area contributed by atoms with Crippen LogP contribution in [0.3, 0.4) is 0 Å². The minimum absolute atomic E-state index is 0.0681. The van der Waals surface area contributed by atoms with E-state index in [0.29, 0.717) is 11.3 Å². The summed E-state index contributed by atoms with van der Waals surface area (Å²) in [6.07, 6.45) is 1.76. The van der Waals surface area contributed by atoms with Gasteiger partial charge in [0.25, 0.3) is 5.91 Å². The molecule has 0 saturated carbocycles. The Morgan fingerprint density at radius 1 is 0.906 bits per heavy atom. The molecule has 6 nitrogen and oxygen atoms in total. The fourth-order valence-electron chi connectivity index (χ4n) is 3.10. The highest BCUT2D eigenvalue weighted by Crippen LogP contribution is 2.24. The molecule has 7 heteroatoms. The zero-order valence-corrected chi connectivity index (χ0v) is 18.9. The topological polar surface area (TPSA) is 84.5 Å². The SMILES string of the molecule is COc1ccccc1/C=C(/C(=O)NCCNS(=O)(=O)c1ccc(C)cc1)c1ccccc1. The van der Waals surface area contributed by atoms with Crippen molar-refractivity contribution >= 4 is 27.6 Å². The molecule has 3 aromatic rings. The molecule has 0 aliphatic heterocycles. The molecule has 0 heterocycles. The molecule has 0 bridgehead atoms. The molecule has 0 spiro atoms. The van der Waals surface area contributed by atoms with Crippen LogP contribution in [0.25, 0.3) is 11.6 Å². The molecule has 0 atom stereocenters. The van der Waals surface area contributed by atoms with Gasteiger partial charge in [-0.3, -0.25) is 4.79 Å². The molecule has 3 aromatic carbocycles. The molecule has 1 amide bonds. The predicted octanol–water partition coefficient (Wildman–Crippen LogP) is 3.64. The molecule has 0 radical (unpaired) electrons. The van der Waals surface area contributed by atoms with E-state index in [1.807, 2.05) is 61.5 Å². The van der Waals surface area contributed by atoms with Crippen molar-refractivity contribution in [2.24, 2.45) is 0 Å². The Morgan fingerprint density at radius 3 is 2.25 bits per heavy atom. The first-order chi connectivity index (χ1) is 15.4. The minimum atomic E-state index is -3.64. The van der Waals surface area contributed by atoms with Crippen molar-refractivity contribution in [1.82, 2.24) is 10.0 Å². The highest BCUT2D eigenvalue weighted by Gasteiger charge is 2.15. The van der Waals surface area contributed by atoms with Gasteiger partial charge in [0.1, 0.15) is 5.75 Å². The number of hydrogen-bond acceptors (Lipinski definition) is 4. The lowest BCUT2D eigenvalue weighted by Gasteiger charge is -2.12. The summed E-state index contributed by atoms with van der Waals surface area (Å²) in [5.74, 6) is 0.344. The van der Waals surface area contributed by atoms with Gasteiger partial charge in [-0.25, -0.2) is 13.1 Å². The van der Waals surface area contributed by atoms with Crippen LogP contribution in [0.2, 0.25) is 0 Å². The monoisotopic (exact) mass is 450 g/mol. The third-order valence-corrected chi connectivity index (χ3v) is 6.28. The van der Waals surface area contributed by atoms with E-state index in [1.54, 1.807) is 37.5 Å². The number of para-hydroxylation sites is 1. The normalized spacial score (nSPS) is 11.8. The van der Waals surface area contributed by atoms with Crippen molar-refractivity contribution in [3.63, 3.8) is 0 Å². The van der Waals surface area contributed by atoms with Crippen LogP contribution in [-0.4, -0.2) is 34.5 Å². The van der Waals surface area contributed by atoms with Crippen molar-refractivity contribution < 1.29 is 17.9 Å². The first-order valence-corrected chi connectivity index (χ1v) is 11.6.